The van der Waals surface area contributed by atoms with Crippen molar-refractivity contribution < 1.29 is 19.4 Å². The van der Waals surface area contributed by atoms with Gasteiger partial charge in [0.05, 0.1) is 12.5 Å². The van der Waals surface area contributed by atoms with Gasteiger partial charge in [-0.05, 0) is 19.3 Å². The first kappa shape index (κ1) is 13.0. The molecule has 1 aliphatic rings. The van der Waals surface area contributed by atoms with Crippen LogP contribution in [-0.4, -0.2) is 48.2 Å². The third-order valence-electron chi connectivity index (χ3n) is 3.00. The Morgan fingerprint density at radius 3 is 2.69 bits per heavy atom. The fourth-order valence-electron chi connectivity index (χ4n) is 1.99. The monoisotopic (exact) mass is 229 g/mol. The number of carbonyl (C=O) groups is 2. The lowest BCUT2D eigenvalue weighted by atomic mass is 10.00. The van der Waals surface area contributed by atoms with Gasteiger partial charge in [0, 0.05) is 13.7 Å². The molecule has 0 radical (unpaired) electrons. The Balaban J connectivity index is 2.60. The first-order valence-electron chi connectivity index (χ1n) is 5.65. The first-order chi connectivity index (χ1) is 7.57. The van der Waals surface area contributed by atoms with Crippen LogP contribution < -0.4 is 0 Å². The molecule has 0 saturated carbocycles. The van der Waals surface area contributed by atoms with Crippen molar-refractivity contribution in [2.24, 2.45) is 5.92 Å². The minimum atomic E-state index is -0.949. The van der Waals surface area contributed by atoms with E-state index in [1.165, 1.54) is 4.90 Å². The number of rotatable bonds is 4. The summed E-state index contributed by atoms with van der Waals surface area (Å²) >= 11 is 0. The molecule has 92 valence electrons. The van der Waals surface area contributed by atoms with E-state index in [1.807, 2.05) is 0 Å². The third kappa shape index (κ3) is 2.95. The SMILES string of the molecule is CCC(C(=O)O)N(C)C(=O)C1CCCOC1. The van der Waals surface area contributed by atoms with Gasteiger partial charge in [0.2, 0.25) is 5.91 Å². The van der Waals surface area contributed by atoms with E-state index in [9.17, 15) is 9.59 Å². The van der Waals surface area contributed by atoms with E-state index < -0.39 is 12.0 Å². The average Bonchev–Trinajstić information content (AvgIpc) is 2.29. The Morgan fingerprint density at radius 1 is 1.56 bits per heavy atom. The number of likely N-dealkylation sites (N-methyl/N-ethyl adjacent to an activating group) is 1. The number of aliphatic carboxylic acids is 1. The maximum atomic E-state index is 12.0. The highest BCUT2D eigenvalue weighted by Crippen LogP contribution is 2.17. The molecule has 5 nitrogen and oxygen atoms in total. The second kappa shape index (κ2) is 5.84. The molecule has 0 aromatic heterocycles. The molecule has 0 bridgehead atoms. The van der Waals surface area contributed by atoms with Crippen molar-refractivity contribution in [3.05, 3.63) is 0 Å². The fraction of sp³-hybridized carbons (Fsp3) is 0.818. The highest BCUT2D eigenvalue weighted by molar-refractivity contribution is 5.84. The lowest BCUT2D eigenvalue weighted by molar-refractivity contribution is -0.152. The maximum absolute atomic E-state index is 12.0. The highest BCUT2D eigenvalue weighted by Gasteiger charge is 2.30. The van der Waals surface area contributed by atoms with Crippen LogP contribution in [0.3, 0.4) is 0 Å². The summed E-state index contributed by atoms with van der Waals surface area (Å²) in [4.78, 5) is 24.3. The largest absolute Gasteiger partial charge is 0.480 e. The molecule has 16 heavy (non-hydrogen) atoms. The van der Waals surface area contributed by atoms with Crippen LogP contribution in [0.1, 0.15) is 26.2 Å². The Hall–Kier alpha value is -1.10. The molecule has 1 amide bonds. The van der Waals surface area contributed by atoms with E-state index in [0.29, 0.717) is 19.6 Å². The lowest BCUT2D eigenvalue weighted by Crippen LogP contribution is -2.46. The molecule has 2 unspecified atom stereocenters. The van der Waals surface area contributed by atoms with Gasteiger partial charge < -0.3 is 14.7 Å². The quantitative estimate of drug-likeness (QED) is 0.772. The van der Waals surface area contributed by atoms with Gasteiger partial charge in [-0.3, -0.25) is 4.79 Å². The van der Waals surface area contributed by atoms with Gasteiger partial charge in [0.15, 0.2) is 0 Å². The average molecular weight is 229 g/mol. The van der Waals surface area contributed by atoms with Gasteiger partial charge >= 0.3 is 5.97 Å². The van der Waals surface area contributed by atoms with Crippen molar-refractivity contribution in [1.82, 2.24) is 4.90 Å². The summed E-state index contributed by atoms with van der Waals surface area (Å²) in [5, 5.41) is 8.97. The zero-order chi connectivity index (χ0) is 12.1. The van der Waals surface area contributed by atoms with Crippen molar-refractivity contribution in [1.29, 1.82) is 0 Å². The fourth-order valence-corrected chi connectivity index (χ4v) is 1.99. The predicted molar refractivity (Wildman–Crippen MR) is 58.0 cm³/mol. The van der Waals surface area contributed by atoms with Crippen LogP contribution in [0.15, 0.2) is 0 Å². The summed E-state index contributed by atoms with van der Waals surface area (Å²) in [6, 6.07) is -0.727. The second-order valence-corrected chi connectivity index (χ2v) is 4.13. The summed E-state index contributed by atoms with van der Waals surface area (Å²) in [5.74, 6) is -1.24. The zero-order valence-corrected chi connectivity index (χ0v) is 9.81. The summed E-state index contributed by atoms with van der Waals surface area (Å²) in [5.41, 5.74) is 0. The maximum Gasteiger partial charge on any atom is 0.326 e. The minimum absolute atomic E-state index is 0.117. The number of hydrogen-bond donors (Lipinski definition) is 1. The van der Waals surface area contributed by atoms with Crippen molar-refractivity contribution in [3.8, 4) is 0 Å². The number of carbonyl (C=O) groups excluding carboxylic acids is 1. The third-order valence-corrected chi connectivity index (χ3v) is 3.00. The van der Waals surface area contributed by atoms with Crippen LogP contribution >= 0.6 is 0 Å². The smallest absolute Gasteiger partial charge is 0.326 e. The summed E-state index contributed by atoms with van der Waals surface area (Å²) < 4.78 is 5.23. The number of nitrogens with zero attached hydrogens (tertiary/aromatic N) is 1. The topological polar surface area (TPSA) is 66.8 Å². The van der Waals surface area contributed by atoms with Gasteiger partial charge in [0.25, 0.3) is 0 Å². The van der Waals surface area contributed by atoms with E-state index in [-0.39, 0.29) is 11.8 Å². The number of carboxylic acid groups (broad SMARTS) is 1. The summed E-state index contributed by atoms with van der Waals surface area (Å²) in [7, 11) is 1.55. The predicted octanol–water partition coefficient (Wildman–Crippen LogP) is 0.735. The first-order valence-corrected chi connectivity index (χ1v) is 5.65. The van der Waals surface area contributed by atoms with E-state index in [2.05, 4.69) is 0 Å². The van der Waals surface area contributed by atoms with Gasteiger partial charge in [-0.2, -0.15) is 0 Å². The number of hydrogen-bond acceptors (Lipinski definition) is 3. The molecule has 1 heterocycles. The van der Waals surface area contributed by atoms with Crippen LogP contribution in [0.4, 0.5) is 0 Å². The van der Waals surface area contributed by atoms with Crippen LogP contribution in [0.2, 0.25) is 0 Å². The van der Waals surface area contributed by atoms with Crippen molar-refractivity contribution in [2.75, 3.05) is 20.3 Å². The Morgan fingerprint density at radius 2 is 2.25 bits per heavy atom. The molecular weight excluding hydrogens is 210 g/mol. The molecule has 0 aliphatic carbocycles. The number of amides is 1. The lowest BCUT2D eigenvalue weighted by Gasteiger charge is -2.29. The molecule has 1 fully saturated rings. The number of ether oxygens (including phenoxy) is 1. The van der Waals surface area contributed by atoms with Gasteiger partial charge in [-0.1, -0.05) is 6.92 Å². The molecule has 1 saturated heterocycles. The van der Waals surface area contributed by atoms with E-state index >= 15 is 0 Å². The van der Waals surface area contributed by atoms with Crippen LogP contribution in [0, 0.1) is 5.92 Å². The van der Waals surface area contributed by atoms with Crippen LogP contribution in [0.25, 0.3) is 0 Å². The highest BCUT2D eigenvalue weighted by atomic mass is 16.5. The van der Waals surface area contributed by atoms with Crippen molar-refractivity contribution in [2.45, 2.75) is 32.2 Å². The van der Waals surface area contributed by atoms with Gasteiger partial charge in [-0.15, -0.1) is 0 Å². The van der Waals surface area contributed by atoms with Crippen molar-refractivity contribution >= 4 is 11.9 Å². The summed E-state index contributed by atoms with van der Waals surface area (Å²) in [6.07, 6.45) is 2.08. The molecule has 1 rings (SSSR count). The molecule has 2 atom stereocenters. The Bertz CT molecular complexity index is 261. The Kier molecular flexibility index (Phi) is 4.73. The van der Waals surface area contributed by atoms with Crippen molar-refractivity contribution in [3.63, 3.8) is 0 Å². The van der Waals surface area contributed by atoms with Crippen LogP contribution in [-0.2, 0) is 14.3 Å². The van der Waals surface area contributed by atoms with E-state index in [1.54, 1.807) is 14.0 Å². The molecule has 1 N–H and O–H groups in total. The van der Waals surface area contributed by atoms with Gasteiger partial charge in [-0.25, -0.2) is 4.79 Å². The molecule has 0 spiro atoms. The zero-order valence-electron chi connectivity index (χ0n) is 9.81. The van der Waals surface area contributed by atoms with E-state index in [4.69, 9.17) is 9.84 Å². The summed E-state index contributed by atoms with van der Waals surface area (Å²) in [6.45, 7) is 2.88. The second-order valence-electron chi connectivity index (χ2n) is 4.13. The van der Waals surface area contributed by atoms with Crippen LogP contribution in [0.5, 0.6) is 0 Å². The standard InChI is InChI=1S/C11H19NO4/c1-3-9(11(14)15)12(2)10(13)8-5-4-6-16-7-8/h8-9H,3-7H2,1-2H3,(H,14,15). The normalized spacial score (nSPS) is 22.5. The molecular formula is C11H19NO4. The molecule has 1 aliphatic heterocycles. The minimum Gasteiger partial charge on any atom is -0.480 e. The Labute approximate surface area is 95.4 Å². The molecule has 5 heteroatoms. The van der Waals surface area contributed by atoms with Gasteiger partial charge in [0.1, 0.15) is 6.04 Å². The number of carboxylic acids is 1. The van der Waals surface area contributed by atoms with E-state index in [0.717, 1.165) is 12.8 Å². The molecule has 0 aromatic rings. The molecule has 0 aromatic carbocycles.